The van der Waals surface area contributed by atoms with Crippen LogP contribution in [0.3, 0.4) is 0 Å². The van der Waals surface area contributed by atoms with Crippen LogP contribution in [0.1, 0.15) is 32.4 Å². The summed E-state index contributed by atoms with van der Waals surface area (Å²) in [6, 6.07) is 5.55. The van der Waals surface area contributed by atoms with E-state index in [4.69, 9.17) is 10.5 Å². The maximum absolute atomic E-state index is 13.1. The summed E-state index contributed by atoms with van der Waals surface area (Å²) in [5.41, 5.74) is 3.31. The minimum Gasteiger partial charge on any atom is -0.381 e. The van der Waals surface area contributed by atoms with E-state index >= 15 is 0 Å². The van der Waals surface area contributed by atoms with Gasteiger partial charge in [0.2, 0.25) is 11.8 Å². The van der Waals surface area contributed by atoms with Crippen LogP contribution in [0.25, 0.3) is 5.69 Å². The number of hydrogen-bond donors (Lipinski definition) is 4. The van der Waals surface area contributed by atoms with Gasteiger partial charge in [0.05, 0.1) is 11.9 Å². The van der Waals surface area contributed by atoms with E-state index in [1.165, 1.54) is 49.1 Å². The quantitative estimate of drug-likeness (QED) is 0.426. The largest absolute Gasteiger partial charge is 0.381 e. The van der Waals surface area contributed by atoms with Gasteiger partial charge in [-0.1, -0.05) is 0 Å². The number of aromatic nitrogens is 3. The highest BCUT2D eigenvalue weighted by Gasteiger charge is 2.47. The number of benzene rings is 1. The lowest BCUT2D eigenvalue weighted by molar-refractivity contribution is -0.135. The van der Waals surface area contributed by atoms with Gasteiger partial charge in [-0.05, 0) is 49.9 Å². The molecule has 1 aliphatic heterocycles. The van der Waals surface area contributed by atoms with Crippen LogP contribution < -0.4 is 16.4 Å². The molecule has 3 rings (SSSR count). The monoisotopic (exact) mass is 434 g/mol. The van der Waals surface area contributed by atoms with Crippen molar-refractivity contribution in [1.82, 2.24) is 25.6 Å². The Morgan fingerprint density at radius 3 is 2.55 bits per heavy atom. The molecule has 11 heteroatoms. The highest BCUT2D eigenvalue weighted by Crippen LogP contribution is 2.29. The number of amides is 2. The van der Waals surface area contributed by atoms with E-state index in [-0.39, 0.29) is 18.2 Å². The average molecular weight is 434 g/mol. The molecule has 2 atom stereocenters. The van der Waals surface area contributed by atoms with Gasteiger partial charge in [0.1, 0.15) is 17.1 Å². The first-order valence-electron chi connectivity index (χ1n) is 9.96. The summed E-state index contributed by atoms with van der Waals surface area (Å²) >= 11 is 0. The molecule has 1 aliphatic rings. The zero-order valence-electron chi connectivity index (χ0n) is 17.5. The Bertz CT molecular complexity index is 926. The Hall–Kier alpha value is -2.89. The Balaban J connectivity index is 1.82. The molecular weight excluding hydrogens is 407 g/mol. The molecule has 31 heavy (non-hydrogen) atoms. The normalized spacial score (nSPS) is 18.7. The Labute approximate surface area is 178 Å². The lowest BCUT2D eigenvalue weighted by Crippen LogP contribution is -2.68. The Morgan fingerprint density at radius 2 is 1.97 bits per heavy atom. The second-order valence-electron chi connectivity index (χ2n) is 7.82. The van der Waals surface area contributed by atoms with Crippen LogP contribution in [0.15, 0.2) is 30.5 Å². The molecule has 10 nitrogen and oxygen atoms in total. The highest BCUT2D eigenvalue weighted by atomic mass is 19.1. The van der Waals surface area contributed by atoms with E-state index in [9.17, 15) is 19.1 Å². The molecule has 0 radical (unpaired) electrons. The molecule has 2 unspecified atom stereocenters. The second-order valence-corrected chi connectivity index (χ2v) is 7.82. The molecule has 1 fully saturated rings. The maximum Gasteiger partial charge on any atom is 0.244 e. The fourth-order valence-electron chi connectivity index (χ4n) is 3.73. The first-order chi connectivity index (χ1) is 14.6. The summed E-state index contributed by atoms with van der Waals surface area (Å²) in [7, 11) is 0. The number of halogens is 1. The third kappa shape index (κ3) is 5.06. The van der Waals surface area contributed by atoms with Crippen molar-refractivity contribution in [3.63, 3.8) is 0 Å². The summed E-state index contributed by atoms with van der Waals surface area (Å²) in [5, 5.41) is 24.9. The number of hydrogen-bond acceptors (Lipinski definition) is 7. The molecular formula is C20H27FN6O4. The number of ether oxygens (including phenoxy) is 1. The number of primary amides is 1. The van der Waals surface area contributed by atoms with Crippen molar-refractivity contribution < 1.29 is 23.8 Å². The third-order valence-corrected chi connectivity index (χ3v) is 5.52. The molecule has 5 N–H and O–H groups in total. The number of carbonyl (C=O) groups excluding carboxylic acids is 2. The minimum absolute atomic E-state index is 0.122. The lowest BCUT2D eigenvalue weighted by Gasteiger charge is -2.42. The smallest absolute Gasteiger partial charge is 0.244 e. The molecule has 2 heterocycles. The number of nitrogens with one attached hydrogen (secondary N) is 2. The van der Waals surface area contributed by atoms with Gasteiger partial charge in [0.25, 0.3) is 0 Å². The average Bonchev–Trinajstić information content (AvgIpc) is 3.23. The van der Waals surface area contributed by atoms with Gasteiger partial charge in [-0.2, -0.15) is 9.90 Å². The summed E-state index contributed by atoms with van der Waals surface area (Å²) in [6.07, 6.45) is 2.43. The van der Waals surface area contributed by atoms with Gasteiger partial charge in [-0.3, -0.25) is 14.9 Å². The number of nitrogens with two attached hydrogens (primary N) is 1. The topological polar surface area (TPSA) is 144 Å². The van der Waals surface area contributed by atoms with E-state index in [0.717, 1.165) is 0 Å². The summed E-state index contributed by atoms with van der Waals surface area (Å²) in [6.45, 7) is 3.53. The Kier molecular flexibility index (Phi) is 6.68. The molecule has 1 saturated heterocycles. The number of carbonyl (C=O) groups is 2. The first kappa shape index (κ1) is 22.8. The van der Waals surface area contributed by atoms with Gasteiger partial charge in [-0.15, -0.1) is 5.10 Å². The van der Waals surface area contributed by atoms with Crippen LogP contribution >= 0.6 is 0 Å². The van der Waals surface area contributed by atoms with E-state index in [0.29, 0.717) is 31.7 Å². The number of aliphatic hydroxyl groups is 1. The zero-order chi connectivity index (χ0) is 22.6. The first-order valence-corrected chi connectivity index (χ1v) is 9.96. The number of rotatable bonds is 8. The fraction of sp³-hybridized carbons (Fsp3) is 0.500. The third-order valence-electron chi connectivity index (χ3n) is 5.52. The van der Waals surface area contributed by atoms with Crippen LogP contribution in [-0.2, 0) is 20.1 Å². The van der Waals surface area contributed by atoms with E-state index < -0.39 is 28.9 Å². The lowest BCUT2D eigenvalue weighted by atomic mass is 9.77. The second kappa shape index (κ2) is 9.08. The molecule has 0 aliphatic carbocycles. The Morgan fingerprint density at radius 1 is 1.32 bits per heavy atom. The van der Waals surface area contributed by atoms with E-state index in [2.05, 4.69) is 20.8 Å². The molecule has 2 aromatic rings. The highest BCUT2D eigenvalue weighted by molar-refractivity contribution is 5.90. The SMILES string of the molecule is CC(=O)NC(CNC(C)(O)c1cnn(-c2ccc(F)cc2)n1)(C(N)=O)C1CCOCC1. The zero-order valence-corrected chi connectivity index (χ0v) is 17.5. The van der Waals surface area contributed by atoms with Gasteiger partial charge in [0, 0.05) is 26.7 Å². The van der Waals surface area contributed by atoms with Crippen molar-refractivity contribution in [3.05, 3.63) is 42.0 Å². The standard InChI is InChI=1S/C20H27FN6O4/c1-13(28)25-20(18(22)29,14-7-9-31-10-8-14)12-23-19(2,30)17-11-24-27(26-17)16-5-3-15(21)4-6-16/h3-6,11,14,23,30H,7-10,12H2,1-2H3,(H2,22,29)(H,25,28). The van der Waals surface area contributed by atoms with Crippen molar-refractivity contribution in [2.24, 2.45) is 11.7 Å². The van der Waals surface area contributed by atoms with Crippen LogP contribution in [0, 0.1) is 11.7 Å². The van der Waals surface area contributed by atoms with Crippen molar-refractivity contribution >= 4 is 11.8 Å². The van der Waals surface area contributed by atoms with E-state index in [1.807, 2.05) is 0 Å². The van der Waals surface area contributed by atoms with Crippen LogP contribution in [-0.4, -0.2) is 57.2 Å². The van der Waals surface area contributed by atoms with Crippen LogP contribution in [0.5, 0.6) is 0 Å². The van der Waals surface area contributed by atoms with Gasteiger partial charge in [0.15, 0.2) is 5.72 Å². The van der Waals surface area contributed by atoms with Crippen molar-refractivity contribution in [2.75, 3.05) is 19.8 Å². The van der Waals surface area contributed by atoms with Crippen molar-refractivity contribution in [3.8, 4) is 5.69 Å². The molecule has 1 aromatic carbocycles. The maximum atomic E-state index is 13.1. The molecule has 2 amide bonds. The van der Waals surface area contributed by atoms with E-state index in [1.54, 1.807) is 0 Å². The predicted octanol–water partition coefficient (Wildman–Crippen LogP) is -0.0522. The number of nitrogens with zero attached hydrogens (tertiary/aromatic N) is 3. The molecule has 0 saturated carbocycles. The molecule has 1 aromatic heterocycles. The van der Waals surface area contributed by atoms with Gasteiger partial charge in [-0.25, -0.2) is 4.39 Å². The summed E-state index contributed by atoms with van der Waals surface area (Å²) < 4.78 is 18.5. The van der Waals surface area contributed by atoms with Crippen LogP contribution in [0.4, 0.5) is 4.39 Å². The fourth-order valence-corrected chi connectivity index (χ4v) is 3.73. The molecule has 0 bridgehead atoms. The minimum atomic E-state index is -1.69. The van der Waals surface area contributed by atoms with Crippen LogP contribution in [0.2, 0.25) is 0 Å². The molecule has 0 spiro atoms. The summed E-state index contributed by atoms with van der Waals surface area (Å²) in [4.78, 5) is 25.6. The van der Waals surface area contributed by atoms with Gasteiger partial charge >= 0.3 is 0 Å². The van der Waals surface area contributed by atoms with Crippen molar-refractivity contribution in [1.29, 1.82) is 0 Å². The van der Waals surface area contributed by atoms with Gasteiger partial charge < -0.3 is 20.9 Å². The predicted molar refractivity (Wildman–Crippen MR) is 108 cm³/mol. The summed E-state index contributed by atoms with van der Waals surface area (Å²) in [5.74, 6) is -1.76. The molecule has 168 valence electrons. The van der Waals surface area contributed by atoms with Crippen molar-refractivity contribution in [2.45, 2.75) is 38.0 Å².